The lowest BCUT2D eigenvalue weighted by molar-refractivity contribution is 0.277. The number of hydrogen-bond acceptors (Lipinski definition) is 5. The molecule has 1 fully saturated rings. The Morgan fingerprint density at radius 3 is 2.17 bits per heavy atom. The summed E-state index contributed by atoms with van der Waals surface area (Å²) in [6, 6.07) is 1.42. The fourth-order valence-corrected chi connectivity index (χ4v) is 1.86. The van der Waals surface area contributed by atoms with E-state index in [-0.39, 0.29) is 9.76 Å². The molecule has 1 heterocycles. The SMILES string of the molecule is C1CC[SiH2]OC1.NOS(=O)(=O)O. The van der Waals surface area contributed by atoms with E-state index in [1.165, 1.54) is 18.9 Å². The van der Waals surface area contributed by atoms with Gasteiger partial charge in [0.1, 0.15) is 0 Å². The van der Waals surface area contributed by atoms with Crippen molar-refractivity contribution in [3.05, 3.63) is 0 Å². The van der Waals surface area contributed by atoms with Gasteiger partial charge < -0.3 is 4.43 Å². The molecule has 0 unspecified atom stereocenters. The molecule has 0 bridgehead atoms. The molecule has 12 heavy (non-hydrogen) atoms. The number of nitrogens with two attached hydrogens (primary N) is 1. The van der Waals surface area contributed by atoms with Gasteiger partial charge in [0, 0.05) is 6.61 Å². The summed E-state index contributed by atoms with van der Waals surface area (Å²) in [6.07, 6.45) is 2.75. The molecule has 74 valence electrons. The molecule has 6 nitrogen and oxygen atoms in total. The van der Waals surface area contributed by atoms with Crippen LogP contribution in [0, 0.1) is 0 Å². The Morgan fingerprint density at radius 2 is 2.08 bits per heavy atom. The normalized spacial score (nSPS) is 19.8. The largest absolute Gasteiger partial charge is 0.424 e. The monoisotopic (exact) mass is 215 g/mol. The molecule has 0 amide bonds. The van der Waals surface area contributed by atoms with Crippen molar-refractivity contribution < 1.29 is 21.7 Å². The topological polar surface area (TPSA) is 98.9 Å². The number of rotatable bonds is 1. The summed E-state index contributed by atoms with van der Waals surface area (Å²) in [7, 11) is -4.38. The van der Waals surface area contributed by atoms with E-state index < -0.39 is 10.4 Å². The van der Waals surface area contributed by atoms with E-state index in [1.807, 2.05) is 0 Å². The fourth-order valence-electron chi connectivity index (χ4n) is 0.687. The summed E-state index contributed by atoms with van der Waals surface area (Å²) in [5, 5.41) is 0. The van der Waals surface area contributed by atoms with E-state index in [9.17, 15) is 8.42 Å². The van der Waals surface area contributed by atoms with Crippen molar-refractivity contribution in [2.75, 3.05) is 6.61 Å². The summed E-state index contributed by atoms with van der Waals surface area (Å²) < 4.78 is 34.0. The standard InChI is InChI=1S/C4H10OSi.H3NO4S/c1-2-4-6-5-3-1;1-5-6(2,3)4/h1-4,6H2;1H2,(H,2,3,4). The summed E-state index contributed by atoms with van der Waals surface area (Å²) in [6.45, 7) is 1.06. The predicted octanol–water partition coefficient (Wildman–Crippen LogP) is -1.02. The van der Waals surface area contributed by atoms with E-state index in [0.717, 1.165) is 6.61 Å². The Balaban J connectivity index is 0.000000202. The maximum absolute atomic E-state index is 9.21. The average Bonchev–Trinajstić information content (AvgIpc) is 2.07. The van der Waals surface area contributed by atoms with Gasteiger partial charge in [-0.2, -0.15) is 18.6 Å². The quantitative estimate of drug-likeness (QED) is 0.330. The van der Waals surface area contributed by atoms with Crippen LogP contribution in [0.3, 0.4) is 0 Å². The molecule has 1 aliphatic rings. The molecule has 0 aromatic rings. The van der Waals surface area contributed by atoms with Gasteiger partial charge in [-0.05, 0) is 12.5 Å². The van der Waals surface area contributed by atoms with Crippen molar-refractivity contribution in [3.63, 3.8) is 0 Å². The third-order valence-corrected chi connectivity index (χ3v) is 2.81. The van der Waals surface area contributed by atoms with Gasteiger partial charge in [-0.3, -0.25) is 4.55 Å². The molecule has 0 saturated carbocycles. The van der Waals surface area contributed by atoms with Crippen LogP contribution in [0.15, 0.2) is 0 Å². The third-order valence-electron chi connectivity index (χ3n) is 1.20. The maximum atomic E-state index is 9.21. The van der Waals surface area contributed by atoms with Crippen molar-refractivity contribution in [1.82, 2.24) is 0 Å². The van der Waals surface area contributed by atoms with Crippen molar-refractivity contribution in [2.24, 2.45) is 5.90 Å². The van der Waals surface area contributed by atoms with Gasteiger partial charge in [0.05, 0.1) is 0 Å². The molecule has 3 N–H and O–H groups in total. The Labute approximate surface area is 73.9 Å². The maximum Gasteiger partial charge on any atom is 0.413 e. The molecule has 0 spiro atoms. The van der Waals surface area contributed by atoms with Gasteiger partial charge >= 0.3 is 10.4 Å². The second-order valence-electron chi connectivity index (χ2n) is 2.20. The van der Waals surface area contributed by atoms with Gasteiger partial charge in [0.2, 0.25) is 0 Å². The molecular formula is C4H13NO5SSi. The first kappa shape index (κ1) is 12.0. The second kappa shape index (κ2) is 6.52. The predicted molar refractivity (Wildman–Crippen MR) is 45.4 cm³/mol. The van der Waals surface area contributed by atoms with Crippen molar-refractivity contribution in [1.29, 1.82) is 0 Å². The summed E-state index contributed by atoms with van der Waals surface area (Å²) >= 11 is 0. The lowest BCUT2D eigenvalue weighted by Crippen LogP contribution is -2.08. The Kier molecular flexibility index (Phi) is 6.52. The summed E-state index contributed by atoms with van der Waals surface area (Å²) in [5.41, 5.74) is 0. The van der Waals surface area contributed by atoms with Crippen LogP contribution in [0.2, 0.25) is 6.04 Å². The lowest BCUT2D eigenvalue weighted by Gasteiger charge is -2.07. The van der Waals surface area contributed by atoms with Crippen molar-refractivity contribution >= 4 is 20.2 Å². The molecule has 0 radical (unpaired) electrons. The van der Waals surface area contributed by atoms with Gasteiger partial charge in [-0.1, -0.05) is 6.42 Å². The molecule has 1 rings (SSSR count). The zero-order valence-electron chi connectivity index (χ0n) is 6.60. The van der Waals surface area contributed by atoms with Gasteiger partial charge in [0.15, 0.2) is 9.76 Å². The zero-order valence-corrected chi connectivity index (χ0v) is 8.83. The van der Waals surface area contributed by atoms with Crippen LogP contribution < -0.4 is 5.90 Å². The van der Waals surface area contributed by atoms with E-state index in [2.05, 4.69) is 10.2 Å². The molecule has 0 aromatic carbocycles. The van der Waals surface area contributed by atoms with Crippen molar-refractivity contribution in [3.8, 4) is 0 Å². The molecule has 0 aromatic heterocycles. The molecular weight excluding hydrogens is 202 g/mol. The third kappa shape index (κ3) is 10.0. The molecule has 1 aliphatic heterocycles. The molecule has 0 atom stereocenters. The van der Waals surface area contributed by atoms with E-state index in [4.69, 9.17) is 8.98 Å². The van der Waals surface area contributed by atoms with Crippen LogP contribution in [0.1, 0.15) is 12.8 Å². The lowest BCUT2D eigenvalue weighted by atomic mass is 10.4. The van der Waals surface area contributed by atoms with Crippen molar-refractivity contribution in [2.45, 2.75) is 18.9 Å². The Bertz CT molecular complexity index is 178. The van der Waals surface area contributed by atoms with Gasteiger partial charge in [-0.15, -0.1) is 0 Å². The Morgan fingerprint density at radius 1 is 1.50 bits per heavy atom. The first-order chi connectivity index (χ1) is 5.56. The van der Waals surface area contributed by atoms with Crippen LogP contribution in [0.25, 0.3) is 0 Å². The highest BCUT2D eigenvalue weighted by atomic mass is 32.3. The second-order valence-corrected chi connectivity index (χ2v) is 4.77. The van der Waals surface area contributed by atoms with E-state index in [0.29, 0.717) is 0 Å². The van der Waals surface area contributed by atoms with Crippen LogP contribution in [0.5, 0.6) is 0 Å². The highest BCUT2D eigenvalue weighted by molar-refractivity contribution is 7.80. The van der Waals surface area contributed by atoms with E-state index in [1.54, 1.807) is 0 Å². The molecule has 1 saturated heterocycles. The minimum Gasteiger partial charge on any atom is -0.424 e. The van der Waals surface area contributed by atoms with E-state index >= 15 is 0 Å². The Hall–Kier alpha value is 0.00688. The minimum absolute atomic E-state index is 0.00849. The van der Waals surface area contributed by atoms with Crippen LogP contribution in [0.4, 0.5) is 0 Å². The fraction of sp³-hybridized carbons (Fsp3) is 1.00. The zero-order chi connectivity index (χ0) is 9.45. The summed E-state index contributed by atoms with van der Waals surface area (Å²) in [5.74, 6) is 3.97. The first-order valence-electron chi connectivity index (χ1n) is 3.50. The van der Waals surface area contributed by atoms with Gasteiger partial charge in [0.25, 0.3) is 0 Å². The average molecular weight is 215 g/mol. The number of hydrogen-bond donors (Lipinski definition) is 2. The highest BCUT2D eigenvalue weighted by Gasteiger charge is 1.96. The molecule has 0 aliphatic carbocycles. The van der Waals surface area contributed by atoms with Crippen LogP contribution in [-0.4, -0.2) is 29.3 Å². The minimum atomic E-state index is -4.38. The highest BCUT2D eigenvalue weighted by Crippen LogP contribution is 2.01. The summed E-state index contributed by atoms with van der Waals surface area (Å²) in [4.78, 5) is 0. The van der Waals surface area contributed by atoms with Crippen LogP contribution in [-0.2, 0) is 19.1 Å². The first-order valence-corrected chi connectivity index (χ1v) is 6.44. The smallest absolute Gasteiger partial charge is 0.413 e. The van der Waals surface area contributed by atoms with Gasteiger partial charge in [-0.25, -0.2) is 0 Å². The van der Waals surface area contributed by atoms with Crippen LogP contribution >= 0.6 is 0 Å². The molecule has 8 heteroatoms.